The zero-order valence-corrected chi connectivity index (χ0v) is 15.0. The van der Waals surface area contributed by atoms with Gasteiger partial charge in [-0.15, -0.1) is 0 Å². The zero-order valence-electron chi connectivity index (χ0n) is 15.0. The first-order valence-electron chi connectivity index (χ1n) is 8.86. The summed E-state index contributed by atoms with van der Waals surface area (Å²) < 4.78 is 5.02. The largest absolute Gasteiger partial charge is 0.459 e. The number of amides is 2. The van der Waals surface area contributed by atoms with Crippen molar-refractivity contribution in [3.05, 3.63) is 53.7 Å². The Morgan fingerprint density at radius 2 is 2.04 bits per heavy atom. The maximum atomic E-state index is 12.4. The molecule has 1 aliphatic heterocycles. The van der Waals surface area contributed by atoms with Crippen LogP contribution in [0.3, 0.4) is 0 Å². The first-order valence-corrected chi connectivity index (χ1v) is 8.86. The molecule has 1 N–H and O–H groups in total. The molecule has 0 bridgehead atoms. The normalized spacial score (nSPS) is 15.5. The minimum Gasteiger partial charge on any atom is -0.459 e. The summed E-state index contributed by atoms with van der Waals surface area (Å²) >= 11 is 0. The van der Waals surface area contributed by atoms with Gasteiger partial charge < -0.3 is 14.6 Å². The van der Waals surface area contributed by atoms with Gasteiger partial charge in [-0.3, -0.25) is 19.5 Å². The zero-order chi connectivity index (χ0) is 18.4. The molecule has 138 valence electrons. The van der Waals surface area contributed by atoms with Crippen LogP contribution in [0.5, 0.6) is 0 Å². The van der Waals surface area contributed by atoms with E-state index in [-0.39, 0.29) is 24.1 Å². The Kier molecular flexibility index (Phi) is 6.01. The molecule has 7 nitrogen and oxygen atoms in total. The van der Waals surface area contributed by atoms with E-state index < -0.39 is 0 Å². The van der Waals surface area contributed by atoms with Crippen LogP contribution in [0, 0.1) is 6.92 Å². The van der Waals surface area contributed by atoms with Crippen LogP contribution in [0.15, 0.2) is 41.0 Å². The van der Waals surface area contributed by atoms with Crippen molar-refractivity contribution in [1.82, 2.24) is 20.1 Å². The highest BCUT2D eigenvalue weighted by atomic mass is 16.3. The molecule has 0 saturated carbocycles. The lowest BCUT2D eigenvalue weighted by Crippen LogP contribution is -2.41. The maximum absolute atomic E-state index is 12.4. The van der Waals surface area contributed by atoms with Gasteiger partial charge in [0.2, 0.25) is 5.91 Å². The number of hydrogen-bond donors (Lipinski definition) is 1. The van der Waals surface area contributed by atoms with Gasteiger partial charge in [0.15, 0.2) is 5.76 Å². The van der Waals surface area contributed by atoms with Gasteiger partial charge in [0, 0.05) is 38.4 Å². The minimum absolute atomic E-state index is 0.0149. The summed E-state index contributed by atoms with van der Waals surface area (Å²) in [5, 5.41) is 2.61. The summed E-state index contributed by atoms with van der Waals surface area (Å²) in [6.07, 6.45) is 2.34. The molecule has 7 heteroatoms. The molecular formula is C19H24N4O3. The number of hydrogen-bond acceptors (Lipinski definition) is 5. The summed E-state index contributed by atoms with van der Waals surface area (Å²) in [6.45, 7) is 5.85. The van der Waals surface area contributed by atoms with E-state index in [0.29, 0.717) is 13.1 Å². The van der Waals surface area contributed by atoms with Gasteiger partial charge in [0.25, 0.3) is 5.91 Å². The number of aromatic nitrogens is 1. The number of carbonyl (C=O) groups excluding carboxylic acids is 2. The van der Waals surface area contributed by atoms with Crippen molar-refractivity contribution >= 4 is 11.8 Å². The van der Waals surface area contributed by atoms with Crippen LogP contribution in [-0.4, -0.2) is 59.3 Å². The van der Waals surface area contributed by atoms with E-state index in [4.69, 9.17) is 4.42 Å². The predicted molar refractivity (Wildman–Crippen MR) is 96.5 cm³/mol. The molecule has 3 heterocycles. The molecule has 0 aliphatic carbocycles. The van der Waals surface area contributed by atoms with Crippen LogP contribution in [0.2, 0.25) is 0 Å². The highest BCUT2D eigenvalue weighted by Crippen LogP contribution is 2.08. The second-order valence-electron chi connectivity index (χ2n) is 6.44. The number of aryl methyl sites for hydroxylation is 1. The average Bonchev–Trinajstić information content (AvgIpc) is 3.07. The molecule has 0 spiro atoms. The Morgan fingerprint density at radius 1 is 1.15 bits per heavy atom. The number of carbonyl (C=O) groups is 2. The smallest absolute Gasteiger partial charge is 0.287 e. The van der Waals surface area contributed by atoms with Gasteiger partial charge in [0.05, 0.1) is 18.5 Å². The Bertz CT molecular complexity index is 745. The van der Waals surface area contributed by atoms with Crippen molar-refractivity contribution in [2.45, 2.75) is 19.9 Å². The summed E-state index contributed by atoms with van der Waals surface area (Å²) in [7, 11) is 0. The molecule has 1 saturated heterocycles. The van der Waals surface area contributed by atoms with E-state index in [9.17, 15) is 9.59 Å². The van der Waals surface area contributed by atoms with Crippen LogP contribution in [0.4, 0.5) is 0 Å². The lowest BCUT2D eigenvalue weighted by atomic mass is 10.3. The van der Waals surface area contributed by atoms with Crippen LogP contribution in [-0.2, 0) is 11.3 Å². The molecule has 0 aromatic carbocycles. The number of pyridine rings is 1. The number of furan rings is 1. The van der Waals surface area contributed by atoms with Crippen LogP contribution >= 0.6 is 0 Å². The molecule has 0 radical (unpaired) electrons. The Morgan fingerprint density at radius 3 is 2.81 bits per heavy atom. The topological polar surface area (TPSA) is 78.7 Å². The predicted octanol–water partition coefficient (Wildman–Crippen LogP) is 1.45. The average molecular weight is 356 g/mol. The van der Waals surface area contributed by atoms with Gasteiger partial charge in [-0.05, 0) is 37.6 Å². The summed E-state index contributed by atoms with van der Waals surface area (Å²) in [5.74, 6) is -0.226. The molecule has 26 heavy (non-hydrogen) atoms. The Hall–Kier alpha value is -2.67. The molecule has 3 rings (SSSR count). The van der Waals surface area contributed by atoms with Gasteiger partial charge in [-0.25, -0.2) is 0 Å². The van der Waals surface area contributed by atoms with E-state index in [1.54, 1.807) is 12.1 Å². The monoisotopic (exact) mass is 356 g/mol. The van der Waals surface area contributed by atoms with Crippen molar-refractivity contribution in [2.75, 3.05) is 32.7 Å². The summed E-state index contributed by atoms with van der Waals surface area (Å²) in [6, 6.07) is 9.26. The quantitative estimate of drug-likeness (QED) is 0.877. The molecular weight excluding hydrogens is 332 g/mol. The van der Waals surface area contributed by atoms with E-state index in [1.165, 1.54) is 6.26 Å². The molecule has 1 fully saturated rings. The number of nitrogens with zero attached hydrogens (tertiary/aromatic N) is 3. The van der Waals surface area contributed by atoms with Gasteiger partial charge in [-0.2, -0.15) is 0 Å². The van der Waals surface area contributed by atoms with Crippen molar-refractivity contribution < 1.29 is 14.0 Å². The molecule has 2 amide bonds. The maximum Gasteiger partial charge on any atom is 0.287 e. The lowest BCUT2D eigenvalue weighted by molar-refractivity contribution is -0.130. The van der Waals surface area contributed by atoms with Crippen molar-refractivity contribution in [2.24, 2.45) is 0 Å². The van der Waals surface area contributed by atoms with Gasteiger partial charge in [0.1, 0.15) is 0 Å². The molecule has 2 aromatic rings. The fourth-order valence-electron chi connectivity index (χ4n) is 3.06. The third kappa shape index (κ3) is 4.92. The fourth-order valence-corrected chi connectivity index (χ4v) is 3.06. The fraction of sp³-hybridized carbons (Fsp3) is 0.421. The van der Waals surface area contributed by atoms with Crippen molar-refractivity contribution in [1.29, 1.82) is 0 Å². The molecule has 1 aliphatic rings. The highest BCUT2D eigenvalue weighted by molar-refractivity contribution is 5.94. The highest BCUT2D eigenvalue weighted by Gasteiger charge is 2.20. The minimum atomic E-state index is -0.370. The Balaban J connectivity index is 1.47. The third-order valence-electron chi connectivity index (χ3n) is 4.42. The van der Waals surface area contributed by atoms with Gasteiger partial charge in [-0.1, -0.05) is 6.07 Å². The third-order valence-corrected chi connectivity index (χ3v) is 4.42. The second kappa shape index (κ2) is 8.62. The number of nitrogens with one attached hydrogen (secondary N) is 1. The molecule has 0 unspecified atom stereocenters. The standard InChI is InChI=1S/C19H24N4O3/c1-15-5-2-6-16(21-15)14-22-8-4-9-23(11-10-22)18(24)13-20-19(25)17-7-3-12-26-17/h2-3,5-7,12H,4,8-11,13-14H2,1H3,(H,20,25). The van der Waals surface area contributed by atoms with Gasteiger partial charge >= 0.3 is 0 Å². The lowest BCUT2D eigenvalue weighted by Gasteiger charge is -2.22. The first-order chi connectivity index (χ1) is 12.6. The summed E-state index contributed by atoms with van der Waals surface area (Å²) in [4.78, 5) is 32.9. The van der Waals surface area contributed by atoms with E-state index in [1.807, 2.05) is 30.0 Å². The second-order valence-corrected chi connectivity index (χ2v) is 6.44. The van der Waals surface area contributed by atoms with Crippen LogP contribution < -0.4 is 5.32 Å². The van der Waals surface area contributed by atoms with Crippen molar-refractivity contribution in [3.63, 3.8) is 0 Å². The van der Waals surface area contributed by atoms with E-state index in [2.05, 4.69) is 15.2 Å². The summed E-state index contributed by atoms with van der Waals surface area (Å²) in [5.41, 5.74) is 2.07. The van der Waals surface area contributed by atoms with E-state index in [0.717, 1.165) is 37.4 Å². The number of rotatable bonds is 5. The van der Waals surface area contributed by atoms with Crippen molar-refractivity contribution in [3.8, 4) is 0 Å². The first kappa shape index (κ1) is 18.1. The Labute approximate surface area is 153 Å². The van der Waals surface area contributed by atoms with E-state index >= 15 is 0 Å². The SMILES string of the molecule is Cc1cccc(CN2CCCN(C(=O)CNC(=O)c3ccco3)CC2)n1. The van der Waals surface area contributed by atoms with Crippen LogP contribution in [0.25, 0.3) is 0 Å². The molecule has 2 aromatic heterocycles. The molecule has 0 atom stereocenters. The van der Waals surface area contributed by atoms with Crippen LogP contribution in [0.1, 0.15) is 28.4 Å².